The summed E-state index contributed by atoms with van der Waals surface area (Å²) in [7, 11) is 0. The molecule has 1 aromatic heterocycles. The third kappa shape index (κ3) is 2.02. The molecule has 0 aromatic carbocycles. The normalized spacial score (nSPS) is 20.8. The van der Waals surface area contributed by atoms with Gasteiger partial charge in [-0.3, -0.25) is 0 Å². The molecule has 1 aromatic rings. The first-order valence-electron chi connectivity index (χ1n) is 6.24. The molecule has 2 N–H and O–H groups in total. The van der Waals surface area contributed by atoms with Gasteiger partial charge in [0.2, 0.25) is 5.95 Å². The van der Waals surface area contributed by atoms with Crippen molar-refractivity contribution >= 4 is 5.95 Å². The van der Waals surface area contributed by atoms with Gasteiger partial charge in [-0.15, -0.1) is 0 Å². The van der Waals surface area contributed by atoms with Gasteiger partial charge in [0.05, 0.1) is 5.69 Å². The van der Waals surface area contributed by atoms with Gasteiger partial charge in [-0.05, 0) is 37.8 Å². The summed E-state index contributed by atoms with van der Waals surface area (Å²) in [5, 5.41) is 6.79. The monoisotopic (exact) mass is 218 g/mol. The van der Waals surface area contributed by atoms with Crippen LogP contribution in [0.25, 0.3) is 0 Å². The van der Waals surface area contributed by atoms with E-state index in [9.17, 15) is 0 Å². The molecule has 1 aliphatic heterocycles. The third-order valence-electron chi connectivity index (χ3n) is 3.50. The minimum Gasteiger partial charge on any atom is -0.351 e. The Hall–Kier alpha value is -1.16. The van der Waals surface area contributed by atoms with Crippen molar-refractivity contribution in [3.05, 3.63) is 17.5 Å². The predicted molar refractivity (Wildman–Crippen MR) is 63.6 cm³/mol. The van der Waals surface area contributed by atoms with E-state index in [1.807, 2.05) is 6.20 Å². The van der Waals surface area contributed by atoms with E-state index < -0.39 is 0 Å². The summed E-state index contributed by atoms with van der Waals surface area (Å²) in [6.07, 6.45) is 7.95. The maximum atomic E-state index is 4.63. The number of fused-ring (bicyclic) bond motifs is 1. The van der Waals surface area contributed by atoms with Gasteiger partial charge in [-0.25, -0.2) is 9.97 Å². The number of anilines is 1. The highest BCUT2D eigenvalue weighted by molar-refractivity contribution is 5.32. The van der Waals surface area contributed by atoms with E-state index in [0.29, 0.717) is 6.04 Å². The Balaban J connectivity index is 1.77. The van der Waals surface area contributed by atoms with Crippen LogP contribution in [0.15, 0.2) is 6.20 Å². The first-order valence-corrected chi connectivity index (χ1v) is 6.24. The van der Waals surface area contributed by atoms with Gasteiger partial charge in [0, 0.05) is 25.2 Å². The van der Waals surface area contributed by atoms with Crippen molar-refractivity contribution in [1.82, 2.24) is 15.3 Å². The molecule has 1 fully saturated rings. The fraction of sp³-hybridized carbons (Fsp3) is 0.667. The lowest BCUT2D eigenvalue weighted by Crippen LogP contribution is -2.28. The van der Waals surface area contributed by atoms with Crippen LogP contribution in [0, 0.1) is 0 Å². The van der Waals surface area contributed by atoms with E-state index in [-0.39, 0.29) is 0 Å². The minimum absolute atomic E-state index is 0.613. The Labute approximate surface area is 95.9 Å². The smallest absolute Gasteiger partial charge is 0.223 e. The number of hydrogen-bond acceptors (Lipinski definition) is 4. The van der Waals surface area contributed by atoms with Crippen molar-refractivity contribution in [1.29, 1.82) is 0 Å². The summed E-state index contributed by atoms with van der Waals surface area (Å²) < 4.78 is 0. The maximum absolute atomic E-state index is 4.63. The molecular weight excluding hydrogens is 200 g/mol. The Bertz CT molecular complexity index is 373. The van der Waals surface area contributed by atoms with Crippen molar-refractivity contribution < 1.29 is 0 Å². The average Bonchev–Trinajstić information content (AvgIpc) is 2.48. The van der Waals surface area contributed by atoms with Gasteiger partial charge in [0.1, 0.15) is 0 Å². The molecule has 0 atom stereocenters. The van der Waals surface area contributed by atoms with Crippen LogP contribution < -0.4 is 10.6 Å². The average molecular weight is 218 g/mol. The molecular formula is C12H18N4. The molecule has 0 amide bonds. The van der Waals surface area contributed by atoms with Crippen LogP contribution >= 0.6 is 0 Å². The molecule has 0 radical (unpaired) electrons. The second-order valence-corrected chi connectivity index (χ2v) is 4.69. The number of nitrogens with zero attached hydrogens (tertiary/aromatic N) is 2. The van der Waals surface area contributed by atoms with Crippen molar-refractivity contribution in [2.45, 2.75) is 38.1 Å². The Kier molecular flexibility index (Phi) is 2.74. The van der Waals surface area contributed by atoms with Crippen LogP contribution in [-0.4, -0.2) is 29.1 Å². The minimum atomic E-state index is 0.613. The van der Waals surface area contributed by atoms with Gasteiger partial charge < -0.3 is 10.6 Å². The molecule has 16 heavy (non-hydrogen) atoms. The molecule has 0 unspecified atom stereocenters. The summed E-state index contributed by atoms with van der Waals surface area (Å²) in [4.78, 5) is 9.04. The zero-order valence-electron chi connectivity index (χ0n) is 9.50. The molecule has 86 valence electrons. The van der Waals surface area contributed by atoms with Crippen LogP contribution in [-0.2, 0) is 12.8 Å². The van der Waals surface area contributed by atoms with E-state index in [2.05, 4.69) is 20.6 Å². The lowest BCUT2D eigenvalue weighted by Gasteiger charge is -2.26. The van der Waals surface area contributed by atoms with E-state index in [1.54, 1.807) is 0 Å². The van der Waals surface area contributed by atoms with E-state index in [4.69, 9.17) is 0 Å². The first kappa shape index (κ1) is 10.0. The highest BCUT2D eigenvalue weighted by Crippen LogP contribution is 2.22. The van der Waals surface area contributed by atoms with Crippen molar-refractivity contribution in [2.24, 2.45) is 0 Å². The second kappa shape index (κ2) is 4.37. The standard InChI is InChI=1S/C12H18N4/c1-2-10(3-1)15-12-14-8-9-4-6-13-7-5-11(9)16-12/h8,10,13H,1-7H2,(H,14,15,16). The van der Waals surface area contributed by atoms with Crippen LogP contribution in [0.4, 0.5) is 5.95 Å². The first-order chi connectivity index (χ1) is 7.92. The predicted octanol–water partition coefficient (Wildman–Crippen LogP) is 1.13. The van der Waals surface area contributed by atoms with Crippen LogP contribution in [0.1, 0.15) is 30.5 Å². The summed E-state index contributed by atoms with van der Waals surface area (Å²) >= 11 is 0. The topological polar surface area (TPSA) is 49.8 Å². The molecule has 0 saturated heterocycles. The summed E-state index contributed by atoms with van der Waals surface area (Å²) in [6, 6.07) is 0.613. The molecule has 4 nitrogen and oxygen atoms in total. The van der Waals surface area contributed by atoms with E-state index >= 15 is 0 Å². The molecule has 4 heteroatoms. The van der Waals surface area contributed by atoms with Gasteiger partial charge in [0.15, 0.2) is 0 Å². The summed E-state index contributed by atoms with van der Waals surface area (Å²) in [5.41, 5.74) is 2.53. The number of aromatic nitrogens is 2. The van der Waals surface area contributed by atoms with Crippen LogP contribution in [0.2, 0.25) is 0 Å². The fourth-order valence-electron chi connectivity index (χ4n) is 2.23. The number of rotatable bonds is 2. The van der Waals surface area contributed by atoms with Crippen molar-refractivity contribution in [3.63, 3.8) is 0 Å². The van der Waals surface area contributed by atoms with Gasteiger partial charge >= 0.3 is 0 Å². The van der Waals surface area contributed by atoms with Crippen molar-refractivity contribution in [3.8, 4) is 0 Å². The SMILES string of the molecule is c1nc(NC2CCC2)nc2c1CCNCC2. The highest BCUT2D eigenvalue weighted by Gasteiger charge is 2.18. The van der Waals surface area contributed by atoms with Crippen LogP contribution in [0.5, 0.6) is 0 Å². The lowest BCUT2D eigenvalue weighted by atomic mass is 9.93. The molecule has 1 aliphatic carbocycles. The van der Waals surface area contributed by atoms with Gasteiger partial charge in [-0.2, -0.15) is 0 Å². The van der Waals surface area contributed by atoms with Gasteiger partial charge in [-0.1, -0.05) is 0 Å². The van der Waals surface area contributed by atoms with E-state index in [1.165, 1.54) is 30.5 Å². The maximum Gasteiger partial charge on any atom is 0.223 e. The zero-order valence-corrected chi connectivity index (χ0v) is 9.50. The Morgan fingerprint density at radius 2 is 2.12 bits per heavy atom. The molecule has 3 rings (SSSR count). The second-order valence-electron chi connectivity index (χ2n) is 4.69. The quantitative estimate of drug-likeness (QED) is 0.781. The van der Waals surface area contributed by atoms with E-state index in [0.717, 1.165) is 31.9 Å². The zero-order chi connectivity index (χ0) is 10.8. The molecule has 2 aliphatic rings. The number of hydrogen-bond donors (Lipinski definition) is 2. The summed E-state index contributed by atoms with van der Waals surface area (Å²) in [5.74, 6) is 0.824. The lowest BCUT2D eigenvalue weighted by molar-refractivity contribution is 0.443. The molecule has 1 saturated carbocycles. The highest BCUT2D eigenvalue weighted by atomic mass is 15.1. The van der Waals surface area contributed by atoms with Crippen LogP contribution in [0.3, 0.4) is 0 Å². The molecule has 0 spiro atoms. The van der Waals surface area contributed by atoms with Gasteiger partial charge in [0.25, 0.3) is 0 Å². The fourth-order valence-corrected chi connectivity index (χ4v) is 2.23. The molecule has 2 heterocycles. The van der Waals surface area contributed by atoms with Crippen molar-refractivity contribution in [2.75, 3.05) is 18.4 Å². The Morgan fingerprint density at radius 1 is 1.25 bits per heavy atom. The number of nitrogens with one attached hydrogen (secondary N) is 2. The molecule has 0 bridgehead atoms. The summed E-state index contributed by atoms with van der Waals surface area (Å²) in [6.45, 7) is 2.08. The third-order valence-corrected chi connectivity index (χ3v) is 3.50. The Morgan fingerprint density at radius 3 is 2.94 bits per heavy atom. The largest absolute Gasteiger partial charge is 0.351 e.